The summed E-state index contributed by atoms with van der Waals surface area (Å²) >= 11 is 0.707. The van der Waals surface area contributed by atoms with E-state index in [-0.39, 0.29) is 11.5 Å². The lowest BCUT2D eigenvalue weighted by molar-refractivity contribution is -0.205. The Labute approximate surface area is 125 Å². The van der Waals surface area contributed by atoms with Crippen molar-refractivity contribution < 1.29 is 42.4 Å². The van der Waals surface area contributed by atoms with Gasteiger partial charge in [0.2, 0.25) is 0 Å². The van der Waals surface area contributed by atoms with Crippen LogP contribution >= 0.6 is 11.8 Å². The van der Waals surface area contributed by atoms with Gasteiger partial charge in [0, 0.05) is 0 Å². The maximum absolute atomic E-state index is 10.3. The Hall–Kier alpha value is -0.470. The molecule has 21 heavy (non-hydrogen) atoms. The lowest BCUT2D eigenvalue weighted by Gasteiger charge is -2.39. The normalized spacial score (nSPS) is 34.8. The maximum Gasteiger partial charge on any atom is 0.284 e. The van der Waals surface area contributed by atoms with Crippen molar-refractivity contribution in [3.63, 3.8) is 0 Å². The molecule has 12 heteroatoms. The molecule has 0 saturated carbocycles. The lowest BCUT2D eigenvalue weighted by Crippen LogP contribution is -2.57. The number of aliphatic hydroxyl groups excluding tert-OH is 4. The number of hydrogen-bond acceptors (Lipinski definition) is 11. The average molecular weight is 346 g/mol. The summed E-state index contributed by atoms with van der Waals surface area (Å²) in [4.78, 5) is 0. The molecule has 1 heterocycles. The van der Waals surface area contributed by atoms with E-state index in [1.165, 1.54) is 0 Å². The molecule has 1 aliphatic rings. The van der Waals surface area contributed by atoms with Crippen LogP contribution in [0.4, 0.5) is 0 Å². The van der Waals surface area contributed by atoms with E-state index < -0.39 is 46.9 Å². The van der Waals surface area contributed by atoms with Crippen LogP contribution in [0, 0.1) is 0 Å². The van der Waals surface area contributed by atoms with E-state index in [9.17, 15) is 28.3 Å². The predicted octanol–water partition coefficient (Wildman–Crippen LogP) is -2.28. The van der Waals surface area contributed by atoms with Gasteiger partial charge >= 0.3 is 0 Å². The first kappa shape index (κ1) is 18.6. The van der Waals surface area contributed by atoms with E-state index in [2.05, 4.69) is 9.44 Å². The third-order valence-corrected chi connectivity index (χ3v) is 4.15. The highest BCUT2D eigenvalue weighted by molar-refractivity contribution is 8.14. The molecule has 0 aromatic rings. The zero-order valence-corrected chi connectivity index (χ0v) is 12.5. The molecule has 0 spiro atoms. The van der Waals surface area contributed by atoms with E-state index in [0.29, 0.717) is 11.8 Å². The minimum Gasteiger partial charge on any atom is -0.714 e. The molecule has 124 valence electrons. The number of nitrogens with zero attached hydrogens (tertiary/aromatic N) is 1. The lowest BCUT2D eigenvalue weighted by atomic mass is 10.0. The first-order valence-corrected chi connectivity index (χ1v) is 8.09. The second-order valence-electron chi connectivity index (χ2n) is 4.14. The molecule has 0 aromatic heterocycles. The molecular formula is C9H16NO9S2-. The van der Waals surface area contributed by atoms with Crippen LogP contribution in [0.25, 0.3) is 0 Å². The van der Waals surface area contributed by atoms with Crippen LogP contribution in [0.5, 0.6) is 0 Å². The highest BCUT2D eigenvalue weighted by Crippen LogP contribution is 2.30. The van der Waals surface area contributed by atoms with Crippen LogP contribution in [0.1, 0.15) is 13.3 Å². The molecule has 4 N–H and O–H groups in total. The largest absolute Gasteiger partial charge is 0.714 e. The summed E-state index contributed by atoms with van der Waals surface area (Å²) in [6.45, 7) is 0.989. The van der Waals surface area contributed by atoms with Crippen molar-refractivity contribution in [1.29, 1.82) is 0 Å². The van der Waals surface area contributed by atoms with Crippen molar-refractivity contribution in [2.45, 2.75) is 43.2 Å². The first-order valence-electron chi connectivity index (χ1n) is 5.88. The SMILES string of the molecule is CC/C(=N/OS(=O)(=O)[O-])S[C@@H]1O[C@H](CO)[C@@H](O)[C@H](O)[C@H]1O. The number of hydrogen-bond donors (Lipinski definition) is 4. The van der Waals surface area contributed by atoms with E-state index in [0.717, 1.165) is 0 Å². The highest BCUT2D eigenvalue weighted by Gasteiger charge is 2.44. The van der Waals surface area contributed by atoms with Gasteiger partial charge in [0.05, 0.1) is 6.61 Å². The van der Waals surface area contributed by atoms with Crippen LogP contribution in [-0.4, -0.2) is 74.9 Å². The van der Waals surface area contributed by atoms with Gasteiger partial charge in [-0.15, -0.1) is 0 Å². The van der Waals surface area contributed by atoms with Gasteiger partial charge in [-0.2, -0.15) is 8.42 Å². The van der Waals surface area contributed by atoms with Gasteiger partial charge in [-0.1, -0.05) is 23.8 Å². The maximum atomic E-state index is 10.3. The van der Waals surface area contributed by atoms with Crippen LogP contribution in [-0.2, 0) is 19.4 Å². The summed E-state index contributed by atoms with van der Waals surface area (Å²) in [5.41, 5.74) is -1.13. The van der Waals surface area contributed by atoms with Gasteiger partial charge in [0.1, 0.15) is 34.9 Å². The fourth-order valence-corrected chi connectivity index (χ4v) is 2.80. The number of ether oxygens (including phenoxy) is 1. The van der Waals surface area contributed by atoms with Gasteiger partial charge < -0.3 is 29.7 Å². The third kappa shape index (κ3) is 5.34. The monoisotopic (exact) mass is 346 g/mol. The Morgan fingerprint density at radius 2 is 1.95 bits per heavy atom. The van der Waals surface area contributed by atoms with E-state index in [1.807, 2.05) is 0 Å². The van der Waals surface area contributed by atoms with Crippen molar-refractivity contribution in [1.82, 2.24) is 0 Å². The number of rotatable bonds is 5. The van der Waals surface area contributed by atoms with Crippen LogP contribution in [0.3, 0.4) is 0 Å². The minimum absolute atomic E-state index is 0.0127. The Morgan fingerprint density at radius 3 is 2.43 bits per heavy atom. The zero-order chi connectivity index (χ0) is 16.2. The Balaban J connectivity index is 2.79. The highest BCUT2D eigenvalue weighted by atomic mass is 32.3. The molecule has 1 aliphatic heterocycles. The van der Waals surface area contributed by atoms with Crippen molar-refractivity contribution in [2.75, 3.05) is 6.61 Å². The summed E-state index contributed by atoms with van der Waals surface area (Å²) in [6.07, 6.45) is -5.50. The molecule has 0 unspecified atom stereocenters. The van der Waals surface area contributed by atoms with Crippen molar-refractivity contribution in [3.8, 4) is 0 Å². The summed E-state index contributed by atoms with van der Waals surface area (Å²) in [7, 11) is -5.00. The number of thioether (sulfide) groups is 1. The first-order chi connectivity index (χ1) is 9.69. The fourth-order valence-electron chi connectivity index (χ4n) is 1.56. The van der Waals surface area contributed by atoms with E-state index in [1.54, 1.807) is 6.92 Å². The molecule has 10 nitrogen and oxygen atoms in total. The molecule has 5 atom stereocenters. The summed E-state index contributed by atoms with van der Waals surface area (Å²) in [5, 5.41) is 41.1. The smallest absolute Gasteiger partial charge is 0.284 e. The van der Waals surface area contributed by atoms with E-state index in [4.69, 9.17) is 9.84 Å². The van der Waals surface area contributed by atoms with Gasteiger partial charge in [0.15, 0.2) is 0 Å². The quantitative estimate of drug-likeness (QED) is 0.140. The van der Waals surface area contributed by atoms with Crippen LogP contribution in [0.15, 0.2) is 5.16 Å². The van der Waals surface area contributed by atoms with Crippen LogP contribution < -0.4 is 0 Å². The number of oxime groups is 1. The molecular weight excluding hydrogens is 330 g/mol. The molecule has 1 fully saturated rings. The van der Waals surface area contributed by atoms with Gasteiger partial charge in [-0.3, -0.25) is 4.28 Å². The third-order valence-electron chi connectivity index (χ3n) is 2.63. The topological polar surface area (TPSA) is 169 Å². The van der Waals surface area contributed by atoms with Gasteiger partial charge in [0.25, 0.3) is 10.4 Å². The molecule has 0 aliphatic carbocycles. The molecule has 1 saturated heterocycles. The molecule has 0 radical (unpaired) electrons. The van der Waals surface area contributed by atoms with Crippen molar-refractivity contribution in [2.24, 2.45) is 5.16 Å². The van der Waals surface area contributed by atoms with E-state index >= 15 is 0 Å². The molecule has 1 rings (SSSR count). The number of aliphatic hydroxyl groups is 4. The Morgan fingerprint density at radius 1 is 1.33 bits per heavy atom. The van der Waals surface area contributed by atoms with Gasteiger partial charge in [-0.05, 0) is 6.42 Å². The summed E-state index contributed by atoms with van der Waals surface area (Å²) < 4.78 is 39.9. The fraction of sp³-hybridized carbons (Fsp3) is 0.889. The zero-order valence-electron chi connectivity index (χ0n) is 10.9. The second-order valence-corrected chi connectivity index (χ2v) is 6.27. The Bertz CT molecular complexity index is 466. The Kier molecular flexibility index (Phi) is 6.80. The minimum atomic E-state index is -5.00. The summed E-state index contributed by atoms with van der Waals surface area (Å²) in [6, 6.07) is 0. The average Bonchev–Trinajstić information content (AvgIpc) is 2.42. The molecule has 0 bridgehead atoms. The van der Waals surface area contributed by atoms with Crippen molar-refractivity contribution >= 4 is 27.2 Å². The second kappa shape index (κ2) is 7.69. The molecule has 0 aromatic carbocycles. The molecule has 0 amide bonds. The van der Waals surface area contributed by atoms with Crippen molar-refractivity contribution in [3.05, 3.63) is 0 Å². The summed E-state index contributed by atoms with van der Waals surface area (Å²) in [5.74, 6) is 0. The standard InChI is InChI=1S/C9H17NO9S2/c1-2-5(10-19-21(15,16)17)20-9-8(14)7(13)6(12)4(3-11)18-9/h4,6-9,11-14H,2-3H2,1H3,(H,15,16,17)/p-1/b10-5-/t4-,6-,7+,8-,9+/m1/s1. The van der Waals surface area contributed by atoms with Crippen LogP contribution in [0.2, 0.25) is 0 Å². The van der Waals surface area contributed by atoms with Gasteiger partial charge in [-0.25, -0.2) is 0 Å². The predicted molar refractivity (Wildman–Crippen MR) is 69.9 cm³/mol.